The highest BCUT2D eigenvalue weighted by Crippen LogP contribution is 2.35. The third-order valence-electron chi connectivity index (χ3n) is 4.42. The number of amides is 1. The Hall–Kier alpha value is -1.72. The first kappa shape index (κ1) is 15.2. The number of aliphatic hydroxyl groups excluding tert-OH is 1. The van der Waals surface area contributed by atoms with Crippen LogP contribution in [0.25, 0.3) is 10.9 Å². The van der Waals surface area contributed by atoms with Gasteiger partial charge in [-0.05, 0) is 42.5 Å². The van der Waals surface area contributed by atoms with Gasteiger partial charge in [-0.2, -0.15) is 0 Å². The van der Waals surface area contributed by atoms with E-state index in [0.29, 0.717) is 30.6 Å². The average Bonchev–Trinajstić information content (AvgIpc) is 2.86. The minimum atomic E-state index is -0.843. The van der Waals surface area contributed by atoms with Gasteiger partial charge in [0.1, 0.15) is 0 Å². The van der Waals surface area contributed by atoms with E-state index in [9.17, 15) is 9.90 Å². The van der Waals surface area contributed by atoms with Gasteiger partial charge >= 0.3 is 6.09 Å². The number of hydrogen-bond acceptors (Lipinski definition) is 2. The maximum Gasteiger partial charge on any atom is 0.407 e. The number of carboxylic acid groups (broad SMARTS) is 1. The van der Waals surface area contributed by atoms with E-state index in [1.165, 1.54) is 10.5 Å². The summed E-state index contributed by atoms with van der Waals surface area (Å²) in [6, 6.07) is 5.79. The molecule has 0 radical (unpaired) electrons. The molecule has 3 rings (SSSR count). The molecule has 1 aromatic carbocycles. The standard InChI is InChI=1S/C16H19ClN2O3/c17-12-1-2-15-13(9-12)14(10-19(15)7-8-20)11-3-5-18(6-4-11)16(21)22/h1-2,9-11,20H,3-8H2,(H,21,22). The Kier molecular flexibility index (Phi) is 4.27. The lowest BCUT2D eigenvalue weighted by molar-refractivity contribution is 0.132. The third-order valence-corrected chi connectivity index (χ3v) is 4.66. The SMILES string of the molecule is O=C(O)N1CCC(c2cn(CCO)c3ccc(Cl)cc23)CC1. The Labute approximate surface area is 133 Å². The molecule has 2 aromatic rings. The second-order valence-electron chi connectivity index (χ2n) is 5.71. The summed E-state index contributed by atoms with van der Waals surface area (Å²) < 4.78 is 2.05. The molecule has 1 fully saturated rings. The van der Waals surface area contributed by atoms with Gasteiger partial charge < -0.3 is 19.7 Å². The molecule has 0 bridgehead atoms. The van der Waals surface area contributed by atoms with Crippen LogP contribution in [0.1, 0.15) is 24.3 Å². The van der Waals surface area contributed by atoms with Crippen LogP contribution in [0.5, 0.6) is 0 Å². The number of carbonyl (C=O) groups is 1. The number of fused-ring (bicyclic) bond motifs is 1. The predicted octanol–water partition coefficient (Wildman–Crippen LogP) is 3.14. The fourth-order valence-electron chi connectivity index (χ4n) is 3.30. The third kappa shape index (κ3) is 2.78. The quantitative estimate of drug-likeness (QED) is 0.912. The van der Waals surface area contributed by atoms with E-state index >= 15 is 0 Å². The normalized spacial score (nSPS) is 16.4. The second-order valence-corrected chi connectivity index (χ2v) is 6.14. The van der Waals surface area contributed by atoms with Crippen LogP contribution in [0, 0.1) is 0 Å². The minimum absolute atomic E-state index is 0.0866. The van der Waals surface area contributed by atoms with Crippen LogP contribution in [-0.2, 0) is 6.54 Å². The van der Waals surface area contributed by atoms with E-state index in [0.717, 1.165) is 23.7 Å². The lowest BCUT2D eigenvalue weighted by Crippen LogP contribution is -2.36. The molecule has 0 unspecified atom stereocenters. The molecule has 1 aromatic heterocycles. The highest BCUT2D eigenvalue weighted by atomic mass is 35.5. The molecule has 118 valence electrons. The summed E-state index contributed by atoms with van der Waals surface area (Å²) in [7, 11) is 0. The van der Waals surface area contributed by atoms with Crippen molar-refractivity contribution in [2.45, 2.75) is 25.3 Å². The van der Waals surface area contributed by atoms with Crippen LogP contribution in [0.15, 0.2) is 24.4 Å². The fraction of sp³-hybridized carbons (Fsp3) is 0.438. The van der Waals surface area contributed by atoms with Crippen LogP contribution in [0.2, 0.25) is 5.02 Å². The van der Waals surface area contributed by atoms with Gasteiger partial charge in [0.25, 0.3) is 0 Å². The number of hydrogen-bond donors (Lipinski definition) is 2. The van der Waals surface area contributed by atoms with Crippen molar-refractivity contribution in [3.63, 3.8) is 0 Å². The van der Waals surface area contributed by atoms with Crippen molar-refractivity contribution >= 4 is 28.6 Å². The number of benzene rings is 1. The van der Waals surface area contributed by atoms with Gasteiger partial charge in [-0.3, -0.25) is 0 Å². The van der Waals surface area contributed by atoms with Crippen molar-refractivity contribution in [1.82, 2.24) is 9.47 Å². The van der Waals surface area contributed by atoms with Crippen molar-refractivity contribution in [2.24, 2.45) is 0 Å². The van der Waals surface area contributed by atoms with E-state index in [1.54, 1.807) is 0 Å². The molecule has 2 heterocycles. The van der Waals surface area contributed by atoms with Gasteiger partial charge in [0.15, 0.2) is 0 Å². The molecule has 0 atom stereocenters. The number of rotatable bonds is 3. The molecule has 1 amide bonds. The summed E-state index contributed by atoms with van der Waals surface area (Å²) in [6.45, 7) is 1.76. The molecule has 0 aliphatic carbocycles. The highest BCUT2D eigenvalue weighted by molar-refractivity contribution is 6.31. The van der Waals surface area contributed by atoms with Crippen molar-refractivity contribution in [1.29, 1.82) is 0 Å². The molecule has 2 N–H and O–H groups in total. The van der Waals surface area contributed by atoms with Crippen LogP contribution in [0.4, 0.5) is 4.79 Å². The maximum absolute atomic E-state index is 11.0. The first-order chi connectivity index (χ1) is 10.6. The Balaban J connectivity index is 1.93. The molecule has 22 heavy (non-hydrogen) atoms. The first-order valence-corrected chi connectivity index (χ1v) is 7.85. The number of likely N-dealkylation sites (tertiary alicyclic amines) is 1. The van der Waals surface area contributed by atoms with Crippen LogP contribution < -0.4 is 0 Å². The number of piperidine rings is 1. The van der Waals surface area contributed by atoms with Gasteiger partial charge in [0, 0.05) is 41.8 Å². The van der Waals surface area contributed by atoms with Gasteiger partial charge in [-0.15, -0.1) is 0 Å². The van der Waals surface area contributed by atoms with E-state index in [2.05, 4.69) is 6.20 Å². The van der Waals surface area contributed by atoms with Gasteiger partial charge in [-0.25, -0.2) is 4.79 Å². The molecular weight excluding hydrogens is 304 g/mol. The Morgan fingerprint density at radius 1 is 1.32 bits per heavy atom. The van der Waals surface area contributed by atoms with E-state index in [1.807, 2.05) is 22.8 Å². The Bertz CT molecular complexity index is 690. The zero-order valence-corrected chi connectivity index (χ0v) is 13.0. The minimum Gasteiger partial charge on any atom is -0.465 e. The highest BCUT2D eigenvalue weighted by Gasteiger charge is 2.25. The second kappa shape index (κ2) is 6.18. The summed E-state index contributed by atoms with van der Waals surface area (Å²) >= 11 is 6.14. The largest absolute Gasteiger partial charge is 0.465 e. The van der Waals surface area contributed by atoms with Crippen molar-refractivity contribution in [3.8, 4) is 0 Å². The van der Waals surface area contributed by atoms with Crippen molar-refractivity contribution in [3.05, 3.63) is 35.0 Å². The molecule has 0 saturated carbocycles. The first-order valence-electron chi connectivity index (χ1n) is 7.47. The van der Waals surface area contributed by atoms with E-state index < -0.39 is 6.09 Å². The summed E-state index contributed by atoms with van der Waals surface area (Å²) in [5.41, 5.74) is 2.27. The Morgan fingerprint density at radius 2 is 2.05 bits per heavy atom. The smallest absolute Gasteiger partial charge is 0.407 e. The molecule has 0 spiro atoms. The average molecular weight is 323 g/mol. The van der Waals surface area contributed by atoms with Crippen LogP contribution in [-0.4, -0.2) is 45.5 Å². The molecule has 6 heteroatoms. The van der Waals surface area contributed by atoms with E-state index in [-0.39, 0.29) is 6.61 Å². The summed E-state index contributed by atoms with van der Waals surface area (Å²) in [4.78, 5) is 12.5. The fourth-order valence-corrected chi connectivity index (χ4v) is 3.47. The summed E-state index contributed by atoms with van der Waals surface area (Å²) in [5.74, 6) is 0.330. The van der Waals surface area contributed by atoms with Gasteiger partial charge in [0.2, 0.25) is 0 Å². The van der Waals surface area contributed by atoms with Gasteiger partial charge in [0.05, 0.1) is 6.61 Å². The summed E-state index contributed by atoms with van der Waals surface area (Å²) in [5, 5.41) is 20.1. The molecule has 1 aliphatic rings. The number of halogens is 1. The van der Waals surface area contributed by atoms with Crippen molar-refractivity contribution in [2.75, 3.05) is 19.7 Å². The number of aliphatic hydroxyl groups is 1. The molecule has 1 saturated heterocycles. The van der Waals surface area contributed by atoms with Crippen LogP contribution in [0.3, 0.4) is 0 Å². The van der Waals surface area contributed by atoms with Crippen molar-refractivity contribution < 1.29 is 15.0 Å². The zero-order chi connectivity index (χ0) is 15.7. The molecule has 5 nitrogen and oxygen atoms in total. The maximum atomic E-state index is 11.0. The molecular formula is C16H19ClN2O3. The summed E-state index contributed by atoms with van der Waals surface area (Å²) in [6.07, 6.45) is 2.87. The van der Waals surface area contributed by atoms with E-state index in [4.69, 9.17) is 16.7 Å². The lowest BCUT2D eigenvalue weighted by atomic mass is 9.89. The zero-order valence-electron chi connectivity index (χ0n) is 12.2. The topological polar surface area (TPSA) is 65.7 Å². The number of aromatic nitrogens is 1. The predicted molar refractivity (Wildman–Crippen MR) is 85.6 cm³/mol. The van der Waals surface area contributed by atoms with Crippen LogP contribution >= 0.6 is 11.6 Å². The van der Waals surface area contributed by atoms with Gasteiger partial charge in [-0.1, -0.05) is 11.6 Å². The Morgan fingerprint density at radius 3 is 2.68 bits per heavy atom. The number of nitrogens with zero attached hydrogens (tertiary/aromatic N) is 2. The monoisotopic (exact) mass is 322 g/mol. The lowest BCUT2D eigenvalue weighted by Gasteiger charge is -2.29. The molecule has 1 aliphatic heterocycles.